The fraction of sp³-hybridized carbons (Fsp3) is 0.0833. The van der Waals surface area contributed by atoms with Crippen molar-refractivity contribution in [1.29, 1.82) is 0 Å². The summed E-state index contributed by atoms with van der Waals surface area (Å²) in [4.78, 5) is 0. The summed E-state index contributed by atoms with van der Waals surface area (Å²) in [6.45, 7) is 0. The van der Waals surface area contributed by atoms with Crippen molar-refractivity contribution < 1.29 is 0 Å². The average Bonchev–Trinajstić information content (AvgIpc) is 2.70. The molecule has 1 nitrogen and oxygen atoms in total. The van der Waals surface area contributed by atoms with E-state index in [9.17, 15) is 0 Å². The van der Waals surface area contributed by atoms with E-state index in [1.807, 2.05) is 6.07 Å². The molecule has 0 spiro atoms. The van der Waals surface area contributed by atoms with Gasteiger partial charge in [-0.2, -0.15) is 0 Å². The van der Waals surface area contributed by atoms with E-state index in [0.717, 1.165) is 12.1 Å². The Balaban J connectivity index is 1.84. The number of hydrogen-bond acceptors (Lipinski definition) is 1. The van der Waals surface area contributed by atoms with Crippen molar-refractivity contribution in [2.75, 3.05) is 5.32 Å². The minimum Gasteiger partial charge on any atom is -0.372 e. The minimum absolute atomic E-state index is 0.247. The molecule has 0 radical (unpaired) electrons. The van der Waals surface area contributed by atoms with Gasteiger partial charge < -0.3 is 5.32 Å². The standard InChI is InChI=1S/C24H21N/c1-4-12-20(13-5-1)22-16-8-9-17-23(22)24(18-10-3-11-19-24)25-21-14-6-2-7-15-21/h1-18,25H,19H2. The Hall–Kier alpha value is -3.06. The molecule has 1 heteroatoms. The van der Waals surface area contributed by atoms with Gasteiger partial charge in [-0.15, -0.1) is 0 Å². The van der Waals surface area contributed by atoms with Crippen molar-refractivity contribution in [3.8, 4) is 11.1 Å². The van der Waals surface area contributed by atoms with E-state index in [0.29, 0.717) is 0 Å². The highest BCUT2D eigenvalue weighted by Gasteiger charge is 2.31. The number of rotatable bonds is 4. The van der Waals surface area contributed by atoms with Crippen molar-refractivity contribution in [3.63, 3.8) is 0 Å². The van der Waals surface area contributed by atoms with Gasteiger partial charge in [-0.3, -0.25) is 0 Å². The zero-order valence-electron chi connectivity index (χ0n) is 14.1. The maximum Gasteiger partial charge on any atom is 0.0853 e. The van der Waals surface area contributed by atoms with Crippen molar-refractivity contribution >= 4 is 5.69 Å². The van der Waals surface area contributed by atoms with Gasteiger partial charge in [-0.05, 0) is 35.2 Å². The Morgan fingerprint density at radius 2 is 1.36 bits per heavy atom. The summed E-state index contributed by atoms with van der Waals surface area (Å²) in [5.41, 5.74) is 4.69. The van der Waals surface area contributed by atoms with Crippen LogP contribution in [0.1, 0.15) is 12.0 Å². The summed E-state index contributed by atoms with van der Waals surface area (Å²) in [7, 11) is 0. The number of anilines is 1. The van der Waals surface area contributed by atoms with E-state index >= 15 is 0 Å². The normalized spacial score (nSPS) is 18.9. The molecule has 25 heavy (non-hydrogen) atoms. The molecule has 1 atom stereocenters. The molecule has 0 aliphatic heterocycles. The van der Waals surface area contributed by atoms with Gasteiger partial charge in [-0.1, -0.05) is 97.1 Å². The Kier molecular flexibility index (Phi) is 4.22. The number of hydrogen-bond donors (Lipinski definition) is 1. The second kappa shape index (κ2) is 6.82. The van der Waals surface area contributed by atoms with E-state index in [4.69, 9.17) is 0 Å². The second-order valence-electron chi connectivity index (χ2n) is 6.37. The van der Waals surface area contributed by atoms with Crippen LogP contribution in [0.4, 0.5) is 5.69 Å². The number of para-hydroxylation sites is 1. The quantitative estimate of drug-likeness (QED) is 0.605. The van der Waals surface area contributed by atoms with Gasteiger partial charge in [0.2, 0.25) is 0 Å². The van der Waals surface area contributed by atoms with Crippen LogP contribution in [0.2, 0.25) is 0 Å². The average molecular weight is 323 g/mol. The van der Waals surface area contributed by atoms with Crippen molar-refractivity contribution in [3.05, 3.63) is 115 Å². The fourth-order valence-electron chi connectivity index (χ4n) is 3.50. The largest absolute Gasteiger partial charge is 0.372 e. The Labute approximate surface area is 149 Å². The van der Waals surface area contributed by atoms with Crippen LogP contribution in [0.25, 0.3) is 11.1 Å². The Morgan fingerprint density at radius 3 is 2.08 bits per heavy atom. The van der Waals surface area contributed by atoms with Gasteiger partial charge in [0.1, 0.15) is 0 Å². The van der Waals surface area contributed by atoms with Crippen molar-refractivity contribution in [1.82, 2.24) is 0 Å². The third-order valence-corrected chi connectivity index (χ3v) is 4.70. The fourth-order valence-corrected chi connectivity index (χ4v) is 3.50. The van der Waals surface area contributed by atoms with Crippen LogP contribution in [-0.2, 0) is 5.54 Å². The summed E-state index contributed by atoms with van der Waals surface area (Å²) in [6.07, 6.45) is 9.69. The van der Waals surface area contributed by atoms with E-state index in [-0.39, 0.29) is 5.54 Å². The van der Waals surface area contributed by atoms with Gasteiger partial charge in [0.05, 0.1) is 5.54 Å². The summed E-state index contributed by atoms with van der Waals surface area (Å²) < 4.78 is 0. The molecule has 1 aliphatic carbocycles. The first kappa shape index (κ1) is 15.5. The van der Waals surface area contributed by atoms with E-state index < -0.39 is 0 Å². The molecule has 0 saturated heterocycles. The highest BCUT2D eigenvalue weighted by molar-refractivity contribution is 5.71. The number of benzene rings is 3. The topological polar surface area (TPSA) is 12.0 Å². The second-order valence-corrected chi connectivity index (χ2v) is 6.37. The van der Waals surface area contributed by atoms with E-state index in [1.165, 1.54) is 16.7 Å². The van der Waals surface area contributed by atoms with Crippen molar-refractivity contribution in [2.45, 2.75) is 12.0 Å². The first-order valence-electron chi connectivity index (χ1n) is 8.70. The summed E-state index contributed by atoms with van der Waals surface area (Å²) in [5.74, 6) is 0. The molecular formula is C24H21N. The van der Waals surface area contributed by atoms with E-state index in [1.54, 1.807) is 0 Å². The lowest BCUT2D eigenvalue weighted by Gasteiger charge is -2.36. The Bertz CT molecular complexity index is 894. The lowest BCUT2D eigenvalue weighted by atomic mass is 9.79. The molecule has 0 saturated carbocycles. The third kappa shape index (κ3) is 3.14. The van der Waals surface area contributed by atoms with Gasteiger partial charge in [0.15, 0.2) is 0 Å². The van der Waals surface area contributed by atoms with E-state index in [2.05, 4.69) is 108 Å². The Morgan fingerprint density at radius 1 is 0.680 bits per heavy atom. The van der Waals surface area contributed by atoms with Gasteiger partial charge in [-0.25, -0.2) is 0 Å². The van der Waals surface area contributed by atoms with Gasteiger partial charge in [0.25, 0.3) is 0 Å². The molecule has 4 rings (SSSR count). The molecule has 122 valence electrons. The SMILES string of the molecule is C1=CCC(Nc2ccccc2)(c2ccccc2-c2ccccc2)C=C1. The number of nitrogens with one attached hydrogen (secondary N) is 1. The monoisotopic (exact) mass is 323 g/mol. The molecule has 1 unspecified atom stereocenters. The molecule has 0 fully saturated rings. The molecular weight excluding hydrogens is 302 g/mol. The predicted molar refractivity (Wildman–Crippen MR) is 107 cm³/mol. The van der Waals surface area contributed by atoms with Crippen LogP contribution in [0.15, 0.2) is 109 Å². The lowest BCUT2D eigenvalue weighted by molar-refractivity contribution is 0.620. The summed E-state index contributed by atoms with van der Waals surface area (Å²) >= 11 is 0. The first-order chi connectivity index (χ1) is 12.4. The number of allylic oxidation sites excluding steroid dienone is 2. The van der Waals surface area contributed by atoms with Crippen LogP contribution < -0.4 is 5.32 Å². The highest BCUT2D eigenvalue weighted by atomic mass is 15.0. The summed E-state index contributed by atoms with van der Waals surface area (Å²) in [5, 5.41) is 3.78. The molecule has 1 aliphatic rings. The maximum atomic E-state index is 3.78. The molecule has 1 N–H and O–H groups in total. The van der Waals surface area contributed by atoms with Crippen LogP contribution >= 0.6 is 0 Å². The minimum atomic E-state index is -0.247. The predicted octanol–water partition coefficient (Wildman–Crippen LogP) is 6.18. The molecule has 0 bridgehead atoms. The third-order valence-electron chi connectivity index (χ3n) is 4.70. The van der Waals surface area contributed by atoms with Gasteiger partial charge >= 0.3 is 0 Å². The zero-order chi connectivity index (χ0) is 17.0. The first-order valence-corrected chi connectivity index (χ1v) is 8.70. The molecule has 3 aromatic rings. The van der Waals surface area contributed by atoms with Crippen LogP contribution in [0, 0.1) is 0 Å². The lowest BCUT2D eigenvalue weighted by Crippen LogP contribution is -2.34. The smallest absolute Gasteiger partial charge is 0.0853 e. The molecule has 0 aromatic heterocycles. The van der Waals surface area contributed by atoms with Crippen molar-refractivity contribution in [2.24, 2.45) is 0 Å². The molecule has 0 heterocycles. The van der Waals surface area contributed by atoms with Gasteiger partial charge in [0, 0.05) is 5.69 Å². The maximum absolute atomic E-state index is 3.78. The van der Waals surface area contributed by atoms with Crippen LogP contribution in [0.5, 0.6) is 0 Å². The summed E-state index contributed by atoms with van der Waals surface area (Å²) in [6, 6.07) is 29.7. The highest BCUT2D eigenvalue weighted by Crippen LogP contribution is 2.39. The molecule has 0 amide bonds. The molecule has 3 aromatic carbocycles. The van der Waals surface area contributed by atoms with Crippen LogP contribution in [-0.4, -0.2) is 0 Å². The van der Waals surface area contributed by atoms with Crippen LogP contribution in [0.3, 0.4) is 0 Å². The zero-order valence-corrected chi connectivity index (χ0v) is 14.1.